The fraction of sp³-hybridized carbons (Fsp3) is 0.278. The fourth-order valence-electron chi connectivity index (χ4n) is 5.01. The largest absolute Gasteiger partial charge is 0.494 e. The molecule has 11 heteroatoms. The zero-order chi connectivity index (χ0) is 33.8. The molecule has 0 aliphatic carbocycles. The second-order valence-corrected chi connectivity index (χ2v) is 13.6. The van der Waals surface area contributed by atoms with Gasteiger partial charge in [-0.05, 0) is 73.5 Å². The molecule has 0 spiro atoms. The van der Waals surface area contributed by atoms with Crippen LogP contribution in [0.25, 0.3) is 0 Å². The van der Waals surface area contributed by atoms with Crippen LogP contribution >= 0.6 is 15.9 Å². The van der Waals surface area contributed by atoms with Crippen LogP contribution in [-0.4, -0.2) is 50.9 Å². The highest BCUT2D eigenvalue weighted by Gasteiger charge is 2.35. The Balaban J connectivity index is 1.80. The number of carbonyl (C=O) groups is 2. The van der Waals surface area contributed by atoms with E-state index < -0.39 is 40.2 Å². The van der Waals surface area contributed by atoms with Crippen molar-refractivity contribution >= 4 is 43.5 Å². The molecule has 0 aromatic heterocycles. The Kier molecular flexibility index (Phi) is 12.9. The standard InChI is InChI=1S/C36H39BrFN3O5S/c1-3-5-23-39-36(43)34(24-27-11-7-6-8-12-27)40(25-28-13-9-10-14-33(28)38)35(42)26-41(30-17-19-31(20-18-30)46-4-2)47(44,45)32-21-15-29(37)16-22-32/h6-22,34H,3-5,23-26H2,1-2H3,(H,39,43)/t34-/m1/s1. The highest BCUT2D eigenvalue weighted by atomic mass is 79.9. The normalized spacial score (nSPS) is 11.8. The van der Waals surface area contributed by atoms with Crippen molar-refractivity contribution < 1.29 is 27.1 Å². The molecule has 0 heterocycles. The van der Waals surface area contributed by atoms with Gasteiger partial charge in [-0.15, -0.1) is 0 Å². The minimum atomic E-state index is -4.28. The quantitative estimate of drug-likeness (QED) is 0.129. The van der Waals surface area contributed by atoms with E-state index >= 15 is 4.39 Å². The van der Waals surface area contributed by atoms with E-state index in [9.17, 15) is 18.0 Å². The van der Waals surface area contributed by atoms with Crippen LogP contribution in [0.1, 0.15) is 37.8 Å². The average Bonchev–Trinajstić information content (AvgIpc) is 3.07. The highest BCUT2D eigenvalue weighted by Crippen LogP contribution is 2.28. The summed E-state index contributed by atoms with van der Waals surface area (Å²) in [6, 6.07) is 26.7. The number of anilines is 1. The van der Waals surface area contributed by atoms with Crippen molar-refractivity contribution in [3.63, 3.8) is 0 Å². The number of halogens is 2. The molecule has 0 unspecified atom stereocenters. The smallest absolute Gasteiger partial charge is 0.264 e. The van der Waals surface area contributed by atoms with Gasteiger partial charge in [0.2, 0.25) is 11.8 Å². The third-order valence-electron chi connectivity index (χ3n) is 7.52. The molecule has 4 aromatic carbocycles. The van der Waals surface area contributed by atoms with E-state index in [1.165, 1.54) is 23.1 Å². The molecule has 1 atom stereocenters. The Morgan fingerprint density at radius 2 is 1.55 bits per heavy atom. The molecule has 0 saturated carbocycles. The number of nitrogens with one attached hydrogen (secondary N) is 1. The number of unbranched alkanes of at least 4 members (excludes halogenated alkanes) is 1. The van der Waals surface area contributed by atoms with Crippen LogP contribution in [0.5, 0.6) is 5.75 Å². The van der Waals surface area contributed by atoms with Gasteiger partial charge >= 0.3 is 0 Å². The van der Waals surface area contributed by atoms with Gasteiger partial charge in [0.25, 0.3) is 10.0 Å². The van der Waals surface area contributed by atoms with Crippen molar-refractivity contribution in [1.82, 2.24) is 10.2 Å². The van der Waals surface area contributed by atoms with E-state index in [2.05, 4.69) is 21.2 Å². The van der Waals surface area contributed by atoms with Gasteiger partial charge in [0.05, 0.1) is 17.2 Å². The molecule has 1 N–H and O–H groups in total. The molecule has 4 aromatic rings. The number of hydrogen-bond acceptors (Lipinski definition) is 5. The highest BCUT2D eigenvalue weighted by molar-refractivity contribution is 9.10. The summed E-state index contributed by atoms with van der Waals surface area (Å²) in [6.07, 6.45) is 1.73. The van der Waals surface area contributed by atoms with Gasteiger partial charge in [-0.2, -0.15) is 0 Å². The molecule has 8 nitrogen and oxygen atoms in total. The Morgan fingerprint density at radius 1 is 0.894 bits per heavy atom. The first-order valence-corrected chi connectivity index (χ1v) is 17.7. The van der Waals surface area contributed by atoms with Crippen molar-refractivity contribution in [3.8, 4) is 5.75 Å². The monoisotopic (exact) mass is 723 g/mol. The lowest BCUT2D eigenvalue weighted by atomic mass is 10.0. The first-order valence-electron chi connectivity index (χ1n) is 15.5. The minimum Gasteiger partial charge on any atom is -0.494 e. The summed E-state index contributed by atoms with van der Waals surface area (Å²) in [5.74, 6) is -1.08. The predicted octanol–water partition coefficient (Wildman–Crippen LogP) is 6.74. The van der Waals surface area contributed by atoms with E-state index in [-0.39, 0.29) is 29.1 Å². The molecule has 248 valence electrons. The number of ether oxygens (including phenoxy) is 1. The first kappa shape index (κ1) is 35.6. The summed E-state index contributed by atoms with van der Waals surface area (Å²) >= 11 is 3.34. The number of sulfonamides is 1. The van der Waals surface area contributed by atoms with Crippen LogP contribution in [0.3, 0.4) is 0 Å². The molecule has 0 saturated heterocycles. The zero-order valence-electron chi connectivity index (χ0n) is 26.4. The molecule has 4 rings (SSSR count). The van der Waals surface area contributed by atoms with Crippen LogP contribution in [0.2, 0.25) is 0 Å². The SMILES string of the molecule is CCCCNC(=O)[C@@H](Cc1ccccc1)N(Cc1ccccc1F)C(=O)CN(c1ccc(OCC)cc1)S(=O)(=O)c1ccc(Br)cc1. The number of rotatable bonds is 16. The van der Waals surface area contributed by atoms with E-state index in [0.717, 1.165) is 22.7 Å². The maximum atomic E-state index is 15.1. The van der Waals surface area contributed by atoms with Crippen LogP contribution in [-0.2, 0) is 32.6 Å². The van der Waals surface area contributed by atoms with Crippen LogP contribution in [0, 0.1) is 5.82 Å². The third-order valence-corrected chi connectivity index (χ3v) is 9.83. The Labute approximate surface area is 284 Å². The van der Waals surface area contributed by atoms with Gasteiger partial charge in [0.15, 0.2) is 0 Å². The van der Waals surface area contributed by atoms with Gasteiger partial charge in [0.1, 0.15) is 24.2 Å². The Morgan fingerprint density at radius 3 is 2.19 bits per heavy atom. The van der Waals surface area contributed by atoms with Crippen molar-refractivity contribution in [3.05, 3.63) is 125 Å². The summed E-state index contributed by atoms with van der Waals surface area (Å²) in [5, 5.41) is 2.93. The maximum absolute atomic E-state index is 15.1. The molecule has 0 fully saturated rings. The number of nitrogens with zero attached hydrogens (tertiary/aromatic N) is 2. The van der Waals surface area contributed by atoms with Gasteiger partial charge in [0, 0.05) is 29.5 Å². The zero-order valence-corrected chi connectivity index (χ0v) is 28.8. The van der Waals surface area contributed by atoms with Crippen molar-refractivity contribution in [2.75, 3.05) is 24.0 Å². The number of carbonyl (C=O) groups excluding carboxylic acids is 2. The second-order valence-electron chi connectivity index (χ2n) is 10.9. The van der Waals surface area contributed by atoms with Crippen LogP contribution in [0.15, 0.2) is 112 Å². The van der Waals surface area contributed by atoms with Gasteiger partial charge in [-0.3, -0.25) is 13.9 Å². The van der Waals surface area contributed by atoms with Gasteiger partial charge < -0.3 is 15.0 Å². The lowest BCUT2D eigenvalue weighted by Gasteiger charge is -2.34. The van der Waals surface area contributed by atoms with Crippen LogP contribution < -0.4 is 14.4 Å². The maximum Gasteiger partial charge on any atom is 0.264 e. The first-order chi connectivity index (χ1) is 22.6. The minimum absolute atomic E-state index is 0.0267. The molecular formula is C36H39BrFN3O5S. The van der Waals surface area contributed by atoms with Gasteiger partial charge in [-0.1, -0.05) is 77.8 Å². The van der Waals surface area contributed by atoms with Crippen molar-refractivity contribution in [2.45, 2.75) is 50.6 Å². The number of benzene rings is 4. The summed E-state index contributed by atoms with van der Waals surface area (Å²) < 4.78 is 50.6. The lowest BCUT2D eigenvalue weighted by molar-refractivity contribution is -0.140. The summed E-state index contributed by atoms with van der Waals surface area (Å²) in [5.41, 5.74) is 1.21. The second kappa shape index (κ2) is 17.1. The predicted molar refractivity (Wildman–Crippen MR) is 185 cm³/mol. The van der Waals surface area contributed by atoms with Crippen molar-refractivity contribution in [2.24, 2.45) is 0 Å². The molecule has 0 aliphatic heterocycles. The van der Waals surface area contributed by atoms with E-state index in [0.29, 0.717) is 23.4 Å². The third kappa shape index (κ3) is 9.65. The molecular weight excluding hydrogens is 685 g/mol. The lowest BCUT2D eigenvalue weighted by Crippen LogP contribution is -2.53. The molecule has 0 aliphatic rings. The summed E-state index contributed by atoms with van der Waals surface area (Å²) in [4.78, 5) is 29.6. The molecule has 0 bridgehead atoms. The van der Waals surface area contributed by atoms with Gasteiger partial charge in [-0.25, -0.2) is 12.8 Å². The number of amides is 2. The topological polar surface area (TPSA) is 96.0 Å². The fourth-order valence-corrected chi connectivity index (χ4v) is 6.69. The summed E-state index contributed by atoms with van der Waals surface area (Å²) in [7, 11) is -4.28. The van der Waals surface area contributed by atoms with E-state index in [4.69, 9.17) is 4.74 Å². The summed E-state index contributed by atoms with van der Waals surface area (Å²) in [6.45, 7) is 3.77. The molecule has 0 radical (unpaired) electrons. The number of hydrogen-bond donors (Lipinski definition) is 1. The van der Waals surface area contributed by atoms with Crippen LogP contribution in [0.4, 0.5) is 10.1 Å². The van der Waals surface area contributed by atoms with E-state index in [1.807, 2.05) is 44.2 Å². The molecule has 2 amide bonds. The average molecular weight is 725 g/mol. The Bertz CT molecular complexity index is 1720. The van der Waals surface area contributed by atoms with E-state index in [1.54, 1.807) is 54.6 Å². The molecule has 47 heavy (non-hydrogen) atoms. The van der Waals surface area contributed by atoms with Crippen molar-refractivity contribution in [1.29, 1.82) is 0 Å². The Hall–Kier alpha value is -4.22.